The lowest BCUT2D eigenvalue weighted by molar-refractivity contribution is 0.428. The van der Waals surface area contributed by atoms with Crippen molar-refractivity contribution in [1.82, 2.24) is 14.9 Å². The summed E-state index contributed by atoms with van der Waals surface area (Å²) >= 11 is 0. The second-order valence-electron chi connectivity index (χ2n) is 5.55. The van der Waals surface area contributed by atoms with E-state index in [1.807, 2.05) is 0 Å². The van der Waals surface area contributed by atoms with Crippen LogP contribution in [0.2, 0.25) is 0 Å². The first kappa shape index (κ1) is 15.2. The smallest absolute Gasteiger partial charge is 0.283 e. The van der Waals surface area contributed by atoms with Gasteiger partial charge in [-0.1, -0.05) is 25.7 Å². The van der Waals surface area contributed by atoms with Gasteiger partial charge in [0.1, 0.15) is 0 Å². The fourth-order valence-electron chi connectivity index (χ4n) is 2.65. The minimum Gasteiger partial charge on any atom is -0.438 e. The fraction of sp³-hybridized carbons (Fsp3) is 0.571. The largest absolute Gasteiger partial charge is 0.438 e. The fourth-order valence-corrected chi connectivity index (χ4v) is 3.89. The number of sulfonamides is 1. The molecule has 0 bridgehead atoms. The molecular weight excluding hydrogens is 306 g/mol. The zero-order chi connectivity index (χ0) is 15.6. The van der Waals surface area contributed by atoms with Gasteiger partial charge in [-0.25, -0.2) is 13.1 Å². The third kappa shape index (κ3) is 3.38. The monoisotopic (exact) mass is 325 g/mol. The summed E-state index contributed by atoms with van der Waals surface area (Å²) in [5, 5.41) is 7.39. The number of hydrogen-bond acceptors (Lipinski definition) is 6. The van der Waals surface area contributed by atoms with Gasteiger partial charge in [0.05, 0.1) is 0 Å². The highest BCUT2D eigenvalue weighted by Gasteiger charge is 2.25. The van der Waals surface area contributed by atoms with Gasteiger partial charge < -0.3 is 8.83 Å². The van der Waals surface area contributed by atoms with E-state index < -0.39 is 10.0 Å². The number of rotatable bonds is 4. The minimum atomic E-state index is -3.66. The molecule has 1 aliphatic carbocycles. The van der Waals surface area contributed by atoms with Crippen LogP contribution in [0.5, 0.6) is 0 Å². The molecule has 0 spiro atoms. The van der Waals surface area contributed by atoms with Gasteiger partial charge in [-0.15, -0.1) is 10.2 Å². The first-order valence-corrected chi connectivity index (χ1v) is 8.95. The van der Waals surface area contributed by atoms with Crippen LogP contribution in [-0.2, 0) is 10.0 Å². The Balaban J connectivity index is 1.76. The van der Waals surface area contributed by atoms with Crippen LogP contribution in [0.4, 0.5) is 0 Å². The quantitative estimate of drug-likeness (QED) is 0.868. The Morgan fingerprint density at radius 2 is 1.82 bits per heavy atom. The van der Waals surface area contributed by atoms with Crippen LogP contribution in [0.15, 0.2) is 26.1 Å². The van der Waals surface area contributed by atoms with Crippen molar-refractivity contribution in [3.63, 3.8) is 0 Å². The van der Waals surface area contributed by atoms with Crippen molar-refractivity contribution in [3.8, 4) is 11.7 Å². The first-order valence-electron chi connectivity index (χ1n) is 7.47. The highest BCUT2D eigenvalue weighted by molar-refractivity contribution is 7.89. The zero-order valence-electron chi connectivity index (χ0n) is 12.4. The van der Waals surface area contributed by atoms with Crippen molar-refractivity contribution in [2.45, 2.75) is 56.6 Å². The third-order valence-corrected chi connectivity index (χ3v) is 5.15. The Hall–Kier alpha value is -1.67. The maximum Gasteiger partial charge on any atom is 0.283 e. The van der Waals surface area contributed by atoms with Gasteiger partial charge in [0, 0.05) is 13.0 Å². The predicted molar refractivity (Wildman–Crippen MR) is 78.5 cm³/mol. The van der Waals surface area contributed by atoms with Gasteiger partial charge in [-0.2, -0.15) is 0 Å². The Labute approximate surface area is 129 Å². The number of hydrogen-bond donors (Lipinski definition) is 1. The number of nitrogens with one attached hydrogen (secondary N) is 1. The molecule has 0 aliphatic heterocycles. The van der Waals surface area contributed by atoms with Crippen molar-refractivity contribution in [1.29, 1.82) is 0 Å². The molecule has 7 nitrogen and oxygen atoms in total. The lowest BCUT2D eigenvalue weighted by atomic mass is 10.1. The maximum absolute atomic E-state index is 12.4. The summed E-state index contributed by atoms with van der Waals surface area (Å²) in [6.07, 6.45) is 6.18. The van der Waals surface area contributed by atoms with E-state index in [0.717, 1.165) is 25.7 Å². The van der Waals surface area contributed by atoms with Gasteiger partial charge >= 0.3 is 0 Å². The summed E-state index contributed by atoms with van der Waals surface area (Å²) in [6.45, 7) is 1.66. The summed E-state index contributed by atoms with van der Waals surface area (Å²) in [5.74, 6) is 0.822. The van der Waals surface area contributed by atoms with Crippen LogP contribution >= 0.6 is 0 Å². The van der Waals surface area contributed by atoms with E-state index in [9.17, 15) is 8.42 Å². The van der Waals surface area contributed by atoms with Gasteiger partial charge in [0.2, 0.25) is 11.0 Å². The third-order valence-electron chi connectivity index (χ3n) is 3.76. The van der Waals surface area contributed by atoms with Crippen molar-refractivity contribution >= 4 is 10.0 Å². The van der Waals surface area contributed by atoms with E-state index in [1.54, 1.807) is 6.92 Å². The Kier molecular flexibility index (Phi) is 4.30. The molecule has 0 radical (unpaired) electrons. The molecule has 1 aliphatic rings. The molecular formula is C14H19N3O4S. The molecule has 0 saturated heterocycles. The SMILES string of the molecule is Cc1nnc(-c2ccc(S(=O)(=O)NC3CCCCCC3)o2)o1. The van der Waals surface area contributed by atoms with Crippen LogP contribution < -0.4 is 4.72 Å². The molecule has 2 aromatic rings. The second kappa shape index (κ2) is 6.21. The van der Waals surface area contributed by atoms with Gasteiger partial charge in [0.15, 0.2) is 5.76 Å². The summed E-state index contributed by atoms with van der Waals surface area (Å²) in [4.78, 5) is 0. The van der Waals surface area contributed by atoms with Gasteiger partial charge in [-0.05, 0) is 25.0 Å². The molecule has 1 saturated carbocycles. The highest BCUT2D eigenvalue weighted by Crippen LogP contribution is 2.25. The van der Waals surface area contributed by atoms with Gasteiger partial charge in [-0.3, -0.25) is 0 Å². The van der Waals surface area contributed by atoms with E-state index in [1.165, 1.54) is 25.0 Å². The van der Waals surface area contributed by atoms with Crippen molar-refractivity contribution < 1.29 is 17.3 Å². The topological polar surface area (TPSA) is 98.2 Å². The van der Waals surface area contributed by atoms with Crippen LogP contribution in [0.3, 0.4) is 0 Å². The summed E-state index contributed by atoms with van der Waals surface area (Å²) in [5.41, 5.74) is 0. The van der Waals surface area contributed by atoms with E-state index in [-0.39, 0.29) is 22.8 Å². The molecule has 0 unspecified atom stereocenters. The van der Waals surface area contributed by atoms with E-state index in [2.05, 4.69) is 14.9 Å². The number of nitrogens with zero attached hydrogens (tertiary/aromatic N) is 2. The lowest BCUT2D eigenvalue weighted by Gasteiger charge is -2.14. The maximum atomic E-state index is 12.4. The average molecular weight is 325 g/mol. The van der Waals surface area contributed by atoms with Crippen molar-refractivity contribution in [2.75, 3.05) is 0 Å². The standard InChI is InChI=1S/C14H19N3O4S/c1-10-15-16-14(20-10)12-8-9-13(21-12)22(18,19)17-11-6-4-2-3-5-7-11/h8-9,11,17H,2-7H2,1H3. The molecule has 2 heterocycles. The Morgan fingerprint density at radius 1 is 1.09 bits per heavy atom. The molecule has 8 heteroatoms. The number of aryl methyl sites for hydroxylation is 1. The summed E-state index contributed by atoms with van der Waals surface area (Å²) in [7, 11) is -3.66. The van der Waals surface area contributed by atoms with Crippen LogP contribution in [0.1, 0.15) is 44.4 Å². The van der Waals surface area contributed by atoms with Crippen LogP contribution in [-0.4, -0.2) is 24.7 Å². The average Bonchev–Trinajstić information content (AvgIpc) is 3.04. The molecule has 22 heavy (non-hydrogen) atoms. The first-order chi connectivity index (χ1) is 10.5. The zero-order valence-corrected chi connectivity index (χ0v) is 13.2. The lowest BCUT2D eigenvalue weighted by Crippen LogP contribution is -2.34. The molecule has 120 valence electrons. The summed E-state index contributed by atoms with van der Waals surface area (Å²) in [6, 6.07) is 2.91. The Morgan fingerprint density at radius 3 is 2.45 bits per heavy atom. The van der Waals surface area contributed by atoms with E-state index >= 15 is 0 Å². The predicted octanol–water partition coefficient (Wildman–Crippen LogP) is 2.64. The molecule has 0 amide bonds. The van der Waals surface area contributed by atoms with Crippen LogP contribution in [0.25, 0.3) is 11.7 Å². The molecule has 1 N–H and O–H groups in total. The minimum absolute atomic E-state index is 0.0216. The molecule has 0 aromatic carbocycles. The number of furan rings is 1. The number of aromatic nitrogens is 2. The van der Waals surface area contributed by atoms with Crippen LogP contribution in [0, 0.1) is 6.92 Å². The molecule has 1 fully saturated rings. The van der Waals surface area contributed by atoms with Gasteiger partial charge in [0.25, 0.3) is 15.9 Å². The van der Waals surface area contributed by atoms with Crippen molar-refractivity contribution in [2.24, 2.45) is 0 Å². The van der Waals surface area contributed by atoms with E-state index in [0.29, 0.717) is 5.89 Å². The molecule has 0 atom stereocenters. The molecule has 2 aromatic heterocycles. The van der Waals surface area contributed by atoms with E-state index in [4.69, 9.17) is 8.83 Å². The second-order valence-corrected chi connectivity index (χ2v) is 7.20. The highest BCUT2D eigenvalue weighted by atomic mass is 32.2. The molecule has 3 rings (SSSR count). The van der Waals surface area contributed by atoms with Crippen molar-refractivity contribution in [3.05, 3.63) is 18.0 Å². The normalized spacial score (nSPS) is 17.5. The Bertz CT molecular complexity index is 727. The summed E-state index contributed by atoms with van der Waals surface area (Å²) < 4.78 is 38.1.